The van der Waals surface area contributed by atoms with Gasteiger partial charge in [-0.3, -0.25) is 4.79 Å². The number of carbonyl (C=O) groups excluding carboxylic acids is 1. The van der Waals surface area contributed by atoms with Gasteiger partial charge >= 0.3 is 0 Å². The number of nitrogens with one attached hydrogen (secondary N) is 2. The molecule has 0 spiro atoms. The highest BCUT2D eigenvalue weighted by Gasteiger charge is 2.34. The lowest BCUT2D eigenvalue weighted by Crippen LogP contribution is -2.49. The summed E-state index contributed by atoms with van der Waals surface area (Å²) in [7, 11) is 0. The number of aromatic nitrogens is 1. The van der Waals surface area contributed by atoms with Crippen LogP contribution in [0.1, 0.15) is 30.9 Å². The fourth-order valence-corrected chi connectivity index (χ4v) is 5.31. The molecule has 0 radical (unpaired) electrons. The van der Waals surface area contributed by atoms with Gasteiger partial charge in [-0.25, -0.2) is 20.2 Å². The Balaban J connectivity index is 1.14. The third-order valence-electron chi connectivity index (χ3n) is 5.84. The number of amides is 1. The van der Waals surface area contributed by atoms with Crippen LogP contribution in [-0.2, 0) is 4.79 Å². The van der Waals surface area contributed by atoms with Gasteiger partial charge in [-0.15, -0.1) is 0 Å². The van der Waals surface area contributed by atoms with Crippen LogP contribution in [0.4, 0.5) is 4.39 Å². The summed E-state index contributed by atoms with van der Waals surface area (Å²) in [4.78, 5) is 19.3. The second-order valence-corrected chi connectivity index (χ2v) is 9.29. The molecule has 2 unspecified atom stereocenters. The Hall–Kier alpha value is -2.26. The van der Waals surface area contributed by atoms with Crippen molar-refractivity contribution in [2.75, 3.05) is 13.1 Å². The Morgan fingerprint density at radius 3 is 2.68 bits per heavy atom. The lowest BCUT2D eigenvalue weighted by molar-refractivity contribution is -0.135. The van der Waals surface area contributed by atoms with E-state index in [1.807, 2.05) is 23.1 Å². The fraction of sp³-hybridized carbons (Fsp3) is 0.364. The zero-order chi connectivity index (χ0) is 21.4. The summed E-state index contributed by atoms with van der Waals surface area (Å²) < 4.78 is 20.2. The number of benzene rings is 2. The summed E-state index contributed by atoms with van der Waals surface area (Å²) in [5, 5.41) is 1.25. The van der Waals surface area contributed by atoms with Crippen molar-refractivity contribution >= 4 is 39.1 Å². The average molecular weight is 461 g/mol. The second-order valence-electron chi connectivity index (χ2n) is 7.89. The van der Waals surface area contributed by atoms with Crippen molar-refractivity contribution in [3.63, 3.8) is 0 Å². The van der Waals surface area contributed by atoms with Crippen LogP contribution in [0, 0.1) is 5.82 Å². The van der Waals surface area contributed by atoms with Gasteiger partial charge in [0.25, 0.3) is 5.19 Å². The number of hydrogen-bond acceptors (Lipinski definition) is 6. The Bertz CT molecular complexity index is 1080. The molecule has 6 nitrogen and oxygen atoms in total. The Labute approximate surface area is 188 Å². The van der Waals surface area contributed by atoms with Gasteiger partial charge in [-0.1, -0.05) is 41.1 Å². The Kier molecular flexibility index (Phi) is 5.79. The van der Waals surface area contributed by atoms with Gasteiger partial charge in [0.2, 0.25) is 5.91 Å². The highest BCUT2D eigenvalue weighted by atomic mass is 35.5. The van der Waals surface area contributed by atoms with Crippen molar-refractivity contribution in [1.29, 1.82) is 0 Å². The summed E-state index contributed by atoms with van der Waals surface area (Å²) in [5.41, 5.74) is 8.00. The molecule has 3 heterocycles. The smallest absolute Gasteiger partial charge is 0.274 e. The van der Waals surface area contributed by atoms with Gasteiger partial charge in [0.05, 0.1) is 9.72 Å². The molecule has 0 saturated carbocycles. The normalized spacial score (nSPS) is 22.2. The predicted molar refractivity (Wildman–Crippen MR) is 119 cm³/mol. The van der Waals surface area contributed by atoms with Crippen LogP contribution in [0.25, 0.3) is 10.2 Å². The van der Waals surface area contributed by atoms with E-state index in [0.29, 0.717) is 29.7 Å². The number of ether oxygens (including phenoxy) is 1. The number of para-hydroxylation sites is 1. The molecule has 2 saturated heterocycles. The van der Waals surface area contributed by atoms with Gasteiger partial charge < -0.3 is 9.64 Å². The number of hydrogen-bond donors (Lipinski definition) is 2. The maximum atomic E-state index is 13.1. The van der Waals surface area contributed by atoms with Crippen molar-refractivity contribution in [2.24, 2.45) is 0 Å². The SMILES string of the molecule is O=C(C1CC(c2ccc(F)cc2)NN1)N1CCC(Oc2nc3c(Cl)cccc3s2)CC1. The minimum absolute atomic E-state index is 0.0127. The Morgan fingerprint density at radius 1 is 1.16 bits per heavy atom. The number of nitrogens with zero attached hydrogens (tertiary/aromatic N) is 2. The van der Waals surface area contributed by atoms with Crippen LogP contribution >= 0.6 is 22.9 Å². The molecule has 0 aliphatic carbocycles. The van der Waals surface area contributed by atoms with Crippen molar-refractivity contribution < 1.29 is 13.9 Å². The minimum atomic E-state index is -0.293. The first kappa shape index (κ1) is 20.6. The maximum absolute atomic E-state index is 13.1. The number of likely N-dealkylation sites (tertiary alicyclic amines) is 1. The van der Waals surface area contributed by atoms with Crippen molar-refractivity contribution in [3.05, 3.63) is 58.9 Å². The van der Waals surface area contributed by atoms with Crippen LogP contribution in [-0.4, -0.2) is 41.0 Å². The van der Waals surface area contributed by atoms with Gasteiger partial charge in [-0.05, 0) is 36.2 Å². The number of hydrazine groups is 1. The number of thiazole rings is 1. The summed E-state index contributed by atoms with van der Waals surface area (Å²) in [6.07, 6.45) is 2.19. The summed E-state index contributed by atoms with van der Waals surface area (Å²) in [6.45, 7) is 1.29. The minimum Gasteiger partial charge on any atom is -0.467 e. The third kappa shape index (κ3) is 4.39. The van der Waals surface area contributed by atoms with E-state index < -0.39 is 0 Å². The molecule has 5 rings (SSSR count). The molecule has 2 aliphatic heterocycles. The quantitative estimate of drug-likeness (QED) is 0.614. The number of fused-ring (bicyclic) bond motifs is 1. The molecule has 2 N–H and O–H groups in total. The highest BCUT2D eigenvalue weighted by Crippen LogP contribution is 2.33. The van der Waals surface area contributed by atoms with Crippen molar-refractivity contribution in [3.8, 4) is 5.19 Å². The second kappa shape index (κ2) is 8.70. The first-order chi connectivity index (χ1) is 15.1. The van der Waals surface area contributed by atoms with E-state index >= 15 is 0 Å². The number of carbonyl (C=O) groups is 1. The van der Waals surface area contributed by atoms with Gasteiger partial charge in [0.1, 0.15) is 23.5 Å². The molecular weight excluding hydrogens is 439 g/mol. The number of rotatable bonds is 4. The van der Waals surface area contributed by atoms with E-state index in [9.17, 15) is 9.18 Å². The van der Waals surface area contributed by atoms with E-state index in [1.54, 1.807) is 12.1 Å². The molecule has 2 aliphatic rings. The predicted octanol–water partition coefficient (Wildman–Crippen LogP) is 4.07. The number of piperidine rings is 1. The van der Waals surface area contributed by atoms with Crippen LogP contribution in [0.5, 0.6) is 5.19 Å². The molecule has 2 atom stereocenters. The van der Waals surface area contributed by atoms with E-state index in [-0.39, 0.29) is 29.9 Å². The van der Waals surface area contributed by atoms with Gasteiger partial charge in [0.15, 0.2) is 0 Å². The zero-order valence-corrected chi connectivity index (χ0v) is 18.3. The van der Waals surface area contributed by atoms with Gasteiger partial charge in [0, 0.05) is 32.0 Å². The molecule has 162 valence electrons. The molecule has 9 heteroatoms. The van der Waals surface area contributed by atoms with Crippen LogP contribution in [0.15, 0.2) is 42.5 Å². The van der Waals surface area contributed by atoms with Crippen LogP contribution in [0.3, 0.4) is 0 Å². The van der Waals surface area contributed by atoms with Crippen LogP contribution in [0.2, 0.25) is 5.02 Å². The summed E-state index contributed by atoms with van der Waals surface area (Å²) in [6, 6.07) is 11.8. The first-order valence-electron chi connectivity index (χ1n) is 10.3. The van der Waals surface area contributed by atoms with E-state index in [1.165, 1.54) is 23.5 Å². The lowest BCUT2D eigenvalue weighted by atomic mass is 10.0. The standard InChI is InChI=1S/C22H22ClFN4O2S/c23-16-2-1-3-19-20(16)25-22(31-19)30-15-8-10-28(11-9-15)21(29)18-12-17(26-27-18)13-4-6-14(24)7-5-13/h1-7,15,17-18,26-27H,8-12H2. The van der Waals surface area contributed by atoms with Crippen molar-refractivity contribution in [2.45, 2.75) is 37.5 Å². The number of halogens is 2. The summed E-state index contributed by atoms with van der Waals surface area (Å²) >= 11 is 7.69. The molecular formula is C22H22ClFN4O2S. The van der Waals surface area contributed by atoms with Crippen LogP contribution < -0.4 is 15.6 Å². The van der Waals surface area contributed by atoms with E-state index in [4.69, 9.17) is 16.3 Å². The zero-order valence-electron chi connectivity index (χ0n) is 16.7. The molecule has 1 aromatic heterocycles. The molecule has 0 bridgehead atoms. The average Bonchev–Trinajstić information content (AvgIpc) is 3.42. The topological polar surface area (TPSA) is 66.5 Å². The van der Waals surface area contributed by atoms with E-state index in [0.717, 1.165) is 28.6 Å². The first-order valence-corrected chi connectivity index (χ1v) is 11.5. The molecule has 2 aromatic carbocycles. The third-order valence-corrected chi connectivity index (χ3v) is 7.06. The lowest BCUT2D eigenvalue weighted by Gasteiger charge is -2.33. The maximum Gasteiger partial charge on any atom is 0.274 e. The molecule has 2 fully saturated rings. The molecule has 3 aromatic rings. The van der Waals surface area contributed by atoms with Gasteiger partial charge in [-0.2, -0.15) is 0 Å². The van der Waals surface area contributed by atoms with Crippen molar-refractivity contribution in [1.82, 2.24) is 20.7 Å². The molecule has 1 amide bonds. The summed E-state index contributed by atoms with van der Waals surface area (Å²) in [5.74, 6) is -0.177. The fourth-order valence-electron chi connectivity index (χ4n) is 4.13. The largest absolute Gasteiger partial charge is 0.467 e. The van der Waals surface area contributed by atoms with E-state index in [2.05, 4.69) is 15.8 Å². The Morgan fingerprint density at radius 2 is 1.94 bits per heavy atom. The molecule has 31 heavy (non-hydrogen) atoms. The highest BCUT2D eigenvalue weighted by molar-refractivity contribution is 7.20. The monoisotopic (exact) mass is 460 g/mol.